The van der Waals surface area contributed by atoms with Crippen LogP contribution in [0.5, 0.6) is 0 Å². The van der Waals surface area contributed by atoms with Crippen molar-refractivity contribution in [2.75, 3.05) is 12.8 Å². The topological polar surface area (TPSA) is 12.0 Å². The molecule has 0 aromatic heterocycles. The summed E-state index contributed by atoms with van der Waals surface area (Å²) in [6.45, 7) is 12.7. The maximum atomic E-state index is 3.95. The summed E-state index contributed by atoms with van der Waals surface area (Å²) in [7, 11) is 1.99. The van der Waals surface area contributed by atoms with Crippen molar-refractivity contribution in [3.05, 3.63) is 12.2 Å². The summed E-state index contributed by atoms with van der Waals surface area (Å²) in [6.07, 6.45) is 0. The Labute approximate surface area is 81.0 Å². The fourth-order valence-electron chi connectivity index (χ4n) is 0.805. The molecule has 0 aromatic rings. The number of likely N-dealkylation sites (N-methyl/N-ethyl adjacent to an activating group) is 1. The van der Waals surface area contributed by atoms with E-state index in [-0.39, 0.29) is 0 Å². The second kappa shape index (κ2) is 4.93. The van der Waals surface area contributed by atoms with Gasteiger partial charge in [0.25, 0.3) is 0 Å². The van der Waals surface area contributed by atoms with Gasteiger partial charge in [0.2, 0.25) is 0 Å². The Balaban J connectivity index is 3.81. The average Bonchev–Trinajstić information content (AvgIpc) is 1.85. The Morgan fingerprint density at radius 3 is 2.25 bits per heavy atom. The molecule has 0 rings (SSSR count). The fraction of sp³-hybridized carbons (Fsp3) is 0.800. The van der Waals surface area contributed by atoms with Crippen molar-refractivity contribution in [3.63, 3.8) is 0 Å². The molecule has 0 spiro atoms. The highest BCUT2D eigenvalue weighted by molar-refractivity contribution is 8.00. The predicted molar refractivity (Wildman–Crippen MR) is 59.9 cm³/mol. The number of hydrogen-bond acceptors (Lipinski definition) is 2. The first-order valence-corrected chi connectivity index (χ1v) is 5.32. The molecule has 0 aliphatic heterocycles. The molecule has 0 aliphatic carbocycles. The number of nitrogens with one attached hydrogen (secondary N) is 1. The molecule has 0 bridgehead atoms. The van der Waals surface area contributed by atoms with Gasteiger partial charge in [0, 0.05) is 16.5 Å². The van der Waals surface area contributed by atoms with Crippen molar-refractivity contribution in [2.45, 2.75) is 38.5 Å². The van der Waals surface area contributed by atoms with E-state index in [9.17, 15) is 0 Å². The average molecular weight is 187 g/mol. The van der Waals surface area contributed by atoms with E-state index < -0.39 is 0 Å². The first-order chi connectivity index (χ1) is 5.37. The minimum Gasteiger partial charge on any atom is -0.313 e. The van der Waals surface area contributed by atoms with E-state index in [0.29, 0.717) is 10.8 Å². The van der Waals surface area contributed by atoms with Crippen LogP contribution < -0.4 is 5.32 Å². The maximum Gasteiger partial charge on any atom is 0.0363 e. The van der Waals surface area contributed by atoms with Crippen molar-refractivity contribution in [3.8, 4) is 0 Å². The van der Waals surface area contributed by atoms with E-state index in [1.807, 2.05) is 18.8 Å². The van der Waals surface area contributed by atoms with Gasteiger partial charge in [-0.15, -0.1) is 0 Å². The maximum absolute atomic E-state index is 3.95. The van der Waals surface area contributed by atoms with Crippen LogP contribution in [0.25, 0.3) is 0 Å². The van der Waals surface area contributed by atoms with Gasteiger partial charge in [0.05, 0.1) is 0 Å². The van der Waals surface area contributed by atoms with Crippen molar-refractivity contribution >= 4 is 11.8 Å². The van der Waals surface area contributed by atoms with Crippen molar-refractivity contribution in [1.82, 2.24) is 5.32 Å². The van der Waals surface area contributed by atoms with Crippen molar-refractivity contribution in [1.29, 1.82) is 0 Å². The summed E-state index contributed by atoms with van der Waals surface area (Å²) < 4.78 is 0.352. The van der Waals surface area contributed by atoms with Crippen LogP contribution >= 0.6 is 11.8 Å². The summed E-state index contributed by atoms with van der Waals surface area (Å²) in [6, 6.07) is 0.453. The van der Waals surface area contributed by atoms with Crippen LogP contribution in [0, 0.1) is 0 Å². The molecular weight excluding hydrogens is 166 g/mol. The minimum absolute atomic E-state index is 0.352. The van der Waals surface area contributed by atoms with Gasteiger partial charge in [0.1, 0.15) is 0 Å². The van der Waals surface area contributed by atoms with Crippen LogP contribution in [0.15, 0.2) is 12.2 Å². The third-order valence-corrected chi connectivity index (χ3v) is 2.99. The molecule has 0 fully saturated rings. The lowest BCUT2D eigenvalue weighted by Crippen LogP contribution is -2.30. The molecule has 72 valence electrons. The minimum atomic E-state index is 0.352. The van der Waals surface area contributed by atoms with E-state index in [2.05, 4.69) is 39.6 Å². The van der Waals surface area contributed by atoms with Crippen molar-refractivity contribution in [2.24, 2.45) is 0 Å². The molecule has 0 saturated carbocycles. The van der Waals surface area contributed by atoms with E-state index in [1.54, 1.807) is 0 Å². The molecule has 12 heavy (non-hydrogen) atoms. The molecule has 0 amide bonds. The molecule has 0 radical (unpaired) electrons. The van der Waals surface area contributed by atoms with E-state index in [4.69, 9.17) is 0 Å². The van der Waals surface area contributed by atoms with Gasteiger partial charge in [-0.05, 0) is 14.0 Å². The molecule has 0 aliphatic rings. The Bertz CT molecular complexity index is 146. The summed E-state index contributed by atoms with van der Waals surface area (Å²) in [5.41, 5.74) is 1.22. The Morgan fingerprint density at radius 2 is 2.00 bits per heavy atom. The second-order valence-corrected chi connectivity index (χ2v) is 5.96. The monoisotopic (exact) mass is 187 g/mol. The smallest absolute Gasteiger partial charge is 0.0363 e. The van der Waals surface area contributed by atoms with Gasteiger partial charge < -0.3 is 5.32 Å². The van der Waals surface area contributed by atoms with Gasteiger partial charge >= 0.3 is 0 Å². The summed E-state index contributed by atoms with van der Waals surface area (Å²) in [5, 5.41) is 3.25. The molecule has 1 N–H and O–H groups in total. The normalized spacial score (nSPS) is 14.4. The van der Waals surface area contributed by atoms with Gasteiger partial charge in [-0.1, -0.05) is 32.9 Å². The number of rotatable bonds is 4. The van der Waals surface area contributed by atoms with Crippen LogP contribution in [0.1, 0.15) is 27.7 Å². The summed E-state index contributed by atoms with van der Waals surface area (Å²) in [5.74, 6) is 1.11. The summed E-state index contributed by atoms with van der Waals surface area (Å²) >= 11 is 1.97. The molecule has 1 atom stereocenters. The lowest BCUT2D eigenvalue weighted by molar-refractivity contribution is 0.696. The largest absolute Gasteiger partial charge is 0.313 e. The zero-order valence-corrected chi connectivity index (χ0v) is 9.72. The highest BCUT2D eigenvalue weighted by Gasteiger charge is 2.14. The van der Waals surface area contributed by atoms with Gasteiger partial charge in [0.15, 0.2) is 0 Å². The molecule has 2 heteroatoms. The number of thioether (sulfide) groups is 1. The van der Waals surface area contributed by atoms with Gasteiger partial charge in [-0.3, -0.25) is 0 Å². The lowest BCUT2D eigenvalue weighted by atomic mass is 10.2. The Kier molecular flexibility index (Phi) is 4.95. The zero-order chi connectivity index (χ0) is 9.78. The third kappa shape index (κ3) is 5.67. The SMILES string of the molecule is C=C(C)C(CSC(C)(C)C)NC. The fourth-order valence-corrected chi connectivity index (χ4v) is 1.92. The third-order valence-electron chi connectivity index (χ3n) is 1.63. The van der Waals surface area contributed by atoms with Crippen molar-refractivity contribution < 1.29 is 0 Å². The summed E-state index contributed by atoms with van der Waals surface area (Å²) in [4.78, 5) is 0. The van der Waals surface area contributed by atoms with Gasteiger partial charge in [-0.25, -0.2) is 0 Å². The van der Waals surface area contributed by atoms with Gasteiger partial charge in [-0.2, -0.15) is 11.8 Å². The second-order valence-electron chi connectivity index (χ2n) is 4.11. The van der Waals surface area contributed by atoms with E-state index in [0.717, 1.165) is 5.75 Å². The van der Waals surface area contributed by atoms with E-state index >= 15 is 0 Å². The highest BCUT2D eigenvalue weighted by Crippen LogP contribution is 2.24. The molecular formula is C10H21NS. The lowest BCUT2D eigenvalue weighted by Gasteiger charge is -2.22. The van der Waals surface area contributed by atoms with Crippen LogP contribution in [-0.2, 0) is 0 Å². The van der Waals surface area contributed by atoms with Crippen LogP contribution in [0.4, 0.5) is 0 Å². The Hall–Kier alpha value is 0.0500. The first-order valence-electron chi connectivity index (χ1n) is 4.33. The standard InChI is InChI=1S/C10H21NS/c1-8(2)9(11-6)7-12-10(3,4)5/h9,11H,1,7H2,2-6H3. The molecule has 1 nitrogen and oxygen atoms in total. The predicted octanol–water partition coefficient (Wildman–Crippen LogP) is 2.68. The zero-order valence-electron chi connectivity index (χ0n) is 8.90. The quantitative estimate of drug-likeness (QED) is 0.679. The molecule has 1 unspecified atom stereocenters. The molecule has 0 heterocycles. The highest BCUT2D eigenvalue weighted by atomic mass is 32.2. The van der Waals surface area contributed by atoms with Crippen LogP contribution in [-0.4, -0.2) is 23.6 Å². The van der Waals surface area contributed by atoms with Crippen LogP contribution in [0.2, 0.25) is 0 Å². The van der Waals surface area contributed by atoms with E-state index in [1.165, 1.54) is 5.57 Å². The Morgan fingerprint density at radius 1 is 1.50 bits per heavy atom. The molecule has 0 aromatic carbocycles. The first kappa shape index (κ1) is 12.0. The molecule has 0 saturated heterocycles. The van der Waals surface area contributed by atoms with Crippen LogP contribution in [0.3, 0.4) is 0 Å². The number of hydrogen-bond donors (Lipinski definition) is 1.